The highest BCUT2D eigenvalue weighted by molar-refractivity contribution is 7.91. The Kier molecular flexibility index (Phi) is 10.6. The van der Waals surface area contributed by atoms with Crippen LogP contribution in [0, 0.1) is 23.2 Å². The molecule has 8 atom stereocenters. The maximum atomic E-state index is 14.8. The summed E-state index contributed by atoms with van der Waals surface area (Å²) >= 11 is 0. The number of carbonyl (C=O) groups excluding carboxylic acids is 4. The first kappa shape index (κ1) is 41.8. The van der Waals surface area contributed by atoms with Gasteiger partial charge in [-0.3, -0.25) is 19.1 Å². The first-order valence-electron chi connectivity index (χ1n) is 20.1. The van der Waals surface area contributed by atoms with E-state index in [2.05, 4.69) is 10.6 Å². The largest absolute Gasteiger partial charge is 0.497 e. The number of fused-ring (bicyclic) bond motifs is 5. The van der Waals surface area contributed by atoms with Gasteiger partial charge in [-0.05, 0) is 76.3 Å². The second-order valence-corrected chi connectivity index (χ2v) is 20.6. The number of sulfonamides is 1. The Balaban J connectivity index is 1.26. The van der Waals surface area contributed by atoms with Crippen molar-refractivity contribution in [2.75, 3.05) is 13.7 Å². The number of alkyl halides is 2. The summed E-state index contributed by atoms with van der Waals surface area (Å²) in [6.45, 7) is 10.0. The molecule has 3 N–H and O–H groups in total. The van der Waals surface area contributed by atoms with Gasteiger partial charge in [0.1, 0.15) is 40.8 Å². The number of nitrogens with zero attached hydrogens (tertiary/aromatic N) is 3. The topological polar surface area (TPSA) is 195 Å². The number of benzene rings is 1. The number of nitrogens with one attached hydrogen (secondary N) is 3. The third kappa shape index (κ3) is 7.88. The van der Waals surface area contributed by atoms with Crippen LogP contribution in [0.1, 0.15) is 98.6 Å². The monoisotopic (exact) mass is 832 g/mol. The van der Waals surface area contributed by atoms with Crippen molar-refractivity contribution in [3.8, 4) is 11.6 Å². The number of aryl methyl sites for hydroxylation is 1. The molecule has 18 heteroatoms. The Bertz CT molecular complexity index is 2110. The molecule has 3 saturated carbocycles. The average Bonchev–Trinajstić information content (AvgIpc) is 4.09. The van der Waals surface area contributed by atoms with Gasteiger partial charge in [-0.2, -0.15) is 0 Å². The Morgan fingerprint density at radius 2 is 1.79 bits per heavy atom. The van der Waals surface area contributed by atoms with Crippen LogP contribution < -0.4 is 24.8 Å². The van der Waals surface area contributed by atoms with Gasteiger partial charge < -0.3 is 29.7 Å². The number of ether oxygens (including phenoxy) is 3. The quantitative estimate of drug-likeness (QED) is 0.358. The van der Waals surface area contributed by atoms with E-state index in [9.17, 15) is 36.4 Å². The molecule has 1 aromatic heterocycles. The normalized spacial score (nSPS) is 32.3. The molecule has 318 valence electrons. The zero-order valence-electron chi connectivity index (χ0n) is 34.0. The second-order valence-electron chi connectivity index (χ2n) is 18.4. The van der Waals surface area contributed by atoms with Gasteiger partial charge in [0, 0.05) is 17.9 Å². The van der Waals surface area contributed by atoms with Crippen LogP contribution in [-0.4, -0.2) is 101 Å². The van der Waals surface area contributed by atoms with Crippen molar-refractivity contribution in [3.05, 3.63) is 23.9 Å². The number of alkyl carbamates (subject to hydrolysis) is 1. The predicted molar refractivity (Wildman–Crippen MR) is 206 cm³/mol. The predicted octanol–water partition coefficient (Wildman–Crippen LogP) is 4.41. The summed E-state index contributed by atoms with van der Waals surface area (Å²) in [4.78, 5) is 67.4. The second kappa shape index (κ2) is 14.7. The van der Waals surface area contributed by atoms with Crippen LogP contribution in [-0.2, 0) is 35.6 Å². The molecule has 3 heterocycles. The van der Waals surface area contributed by atoms with E-state index in [1.807, 2.05) is 11.6 Å². The van der Waals surface area contributed by atoms with Crippen molar-refractivity contribution in [2.45, 2.75) is 140 Å². The van der Waals surface area contributed by atoms with Crippen LogP contribution in [0.5, 0.6) is 11.6 Å². The van der Waals surface area contributed by atoms with Crippen LogP contribution in [0.4, 0.5) is 13.6 Å². The molecule has 1 saturated heterocycles. The average molecular weight is 833 g/mol. The maximum absolute atomic E-state index is 14.8. The molecule has 0 spiro atoms. The number of carbonyl (C=O) groups is 4. The molecule has 1 aromatic carbocycles. The van der Waals surface area contributed by atoms with Gasteiger partial charge >= 0.3 is 6.09 Å². The SMILES string of the molecule is COc1ccc2nc3c(nc2c1)O[C@H]1CN(C(=O)[C@H](C(C)(C)C)NC(=O)O[C@@]2(C)C[C@@H]2CCCCC3)C(C(=O)N[C@]2(C(=O)NS(=O)(=O)C3(C)CC3)C[C@H]2C(F)F)[C@@H]1C. The van der Waals surface area contributed by atoms with Crippen LogP contribution in [0.25, 0.3) is 11.0 Å². The van der Waals surface area contributed by atoms with Crippen molar-refractivity contribution < 1.29 is 50.6 Å². The Morgan fingerprint density at radius 3 is 2.43 bits per heavy atom. The molecule has 15 nitrogen and oxygen atoms in total. The van der Waals surface area contributed by atoms with Crippen LogP contribution >= 0.6 is 0 Å². The van der Waals surface area contributed by atoms with Gasteiger partial charge in [0.15, 0.2) is 0 Å². The minimum absolute atomic E-state index is 0.148. The number of methoxy groups -OCH3 is 1. The van der Waals surface area contributed by atoms with Gasteiger partial charge in [0.2, 0.25) is 34.1 Å². The van der Waals surface area contributed by atoms with E-state index in [0.717, 1.165) is 25.7 Å². The Labute approximate surface area is 337 Å². The number of hydrogen-bond acceptors (Lipinski definition) is 11. The highest BCUT2D eigenvalue weighted by atomic mass is 32.2. The molecule has 2 bridgehead atoms. The lowest BCUT2D eigenvalue weighted by atomic mass is 9.85. The molecular formula is C40H54F2N6O9S. The number of rotatable bonds is 7. The van der Waals surface area contributed by atoms with Gasteiger partial charge in [0.05, 0.1) is 35.4 Å². The van der Waals surface area contributed by atoms with E-state index in [-0.39, 0.29) is 18.3 Å². The summed E-state index contributed by atoms with van der Waals surface area (Å²) in [6.07, 6.45) is -0.133. The lowest BCUT2D eigenvalue weighted by molar-refractivity contribution is -0.143. The van der Waals surface area contributed by atoms with Crippen LogP contribution in [0.3, 0.4) is 0 Å². The molecule has 4 fully saturated rings. The summed E-state index contributed by atoms with van der Waals surface area (Å²) in [5.41, 5.74) is -2.17. The van der Waals surface area contributed by atoms with Crippen molar-refractivity contribution in [2.24, 2.45) is 23.2 Å². The van der Waals surface area contributed by atoms with Crippen LogP contribution in [0.15, 0.2) is 18.2 Å². The van der Waals surface area contributed by atoms with Crippen molar-refractivity contribution in [3.63, 3.8) is 0 Å². The molecule has 0 radical (unpaired) electrons. The molecule has 3 aliphatic carbocycles. The number of halogens is 2. The minimum atomic E-state index is -4.24. The fourth-order valence-electron chi connectivity index (χ4n) is 8.42. The van der Waals surface area contributed by atoms with Crippen molar-refractivity contribution in [1.29, 1.82) is 0 Å². The van der Waals surface area contributed by atoms with E-state index >= 15 is 0 Å². The lowest BCUT2D eigenvalue weighted by Crippen LogP contribution is -2.61. The summed E-state index contributed by atoms with van der Waals surface area (Å²) in [5, 5.41) is 5.24. The van der Waals surface area contributed by atoms with E-state index in [0.29, 0.717) is 48.2 Å². The Morgan fingerprint density at radius 1 is 1.07 bits per heavy atom. The highest BCUT2D eigenvalue weighted by Crippen LogP contribution is 2.51. The Hall–Kier alpha value is -4.35. The molecule has 2 aliphatic heterocycles. The van der Waals surface area contributed by atoms with E-state index in [4.69, 9.17) is 24.2 Å². The van der Waals surface area contributed by atoms with E-state index in [1.165, 1.54) is 18.9 Å². The minimum Gasteiger partial charge on any atom is -0.497 e. The van der Waals surface area contributed by atoms with Gasteiger partial charge in [0.25, 0.3) is 5.91 Å². The van der Waals surface area contributed by atoms with E-state index in [1.54, 1.807) is 45.9 Å². The fourth-order valence-corrected chi connectivity index (χ4v) is 9.73. The first-order chi connectivity index (χ1) is 27.1. The molecule has 1 unspecified atom stereocenters. The summed E-state index contributed by atoms with van der Waals surface area (Å²) in [6, 6.07) is 2.67. The summed E-state index contributed by atoms with van der Waals surface area (Å²) in [7, 11) is -2.71. The maximum Gasteiger partial charge on any atom is 0.408 e. The highest BCUT2D eigenvalue weighted by Gasteiger charge is 2.68. The molecule has 7 rings (SSSR count). The van der Waals surface area contributed by atoms with Crippen molar-refractivity contribution in [1.82, 2.24) is 30.2 Å². The molecule has 58 heavy (non-hydrogen) atoms. The standard InChI is InChI=1S/C40H54F2N6O9S/c1-21-28-20-48(29(21)32(49)46-40(19-24(40)31(41)42)35(51)47-58(53,54)38(5)15-16-38)34(50)30(37(2,3)4)45-36(52)57-39(6)18-22(39)11-9-8-10-12-26-33(56-28)44-27-17-23(55-7)13-14-25(27)43-26/h13-14,17,21-22,24,28-31H,8-12,15-16,18-20H2,1-7H3,(H,45,52)(H,46,49)(H,47,51)/t21-,22+,24+,28+,29?,30-,39+,40-/m1/s1. The summed E-state index contributed by atoms with van der Waals surface area (Å²) in [5.74, 6) is -4.49. The van der Waals surface area contributed by atoms with Crippen LogP contribution in [0.2, 0.25) is 0 Å². The smallest absolute Gasteiger partial charge is 0.408 e. The zero-order valence-corrected chi connectivity index (χ0v) is 34.8. The molecule has 4 amide bonds. The third-order valence-electron chi connectivity index (χ3n) is 12.9. The van der Waals surface area contributed by atoms with Gasteiger partial charge in [-0.1, -0.05) is 40.5 Å². The van der Waals surface area contributed by atoms with Gasteiger partial charge in [-0.25, -0.2) is 32.0 Å². The first-order valence-corrected chi connectivity index (χ1v) is 21.6. The summed E-state index contributed by atoms with van der Waals surface area (Å²) < 4.78 is 73.4. The number of aromatic nitrogens is 2. The fraction of sp³-hybridized carbons (Fsp3) is 0.700. The molecular weight excluding hydrogens is 779 g/mol. The third-order valence-corrected chi connectivity index (χ3v) is 15.1. The van der Waals surface area contributed by atoms with Crippen molar-refractivity contribution >= 4 is 44.9 Å². The molecule has 2 aromatic rings. The zero-order chi connectivity index (χ0) is 42.2. The number of hydrogen-bond donors (Lipinski definition) is 3. The van der Waals surface area contributed by atoms with Gasteiger partial charge in [-0.15, -0.1) is 0 Å². The van der Waals surface area contributed by atoms with E-state index < -0.39 is 98.0 Å². The molecule has 5 aliphatic rings. The lowest BCUT2D eigenvalue weighted by Gasteiger charge is -2.36. The number of amides is 4.